The van der Waals surface area contributed by atoms with E-state index in [1.807, 2.05) is 0 Å². The lowest BCUT2D eigenvalue weighted by atomic mass is 9.58. The topological polar surface area (TPSA) is 129 Å². The van der Waals surface area contributed by atoms with Crippen molar-refractivity contribution in [3.63, 3.8) is 0 Å². The third-order valence-electron chi connectivity index (χ3n) is 9.03. The van der Waals surface area contributed by atoms with E-state index < -0.39 is 58.8 Å². The highest BCUT2D eigenvalue weighted by Crippen LogP contribution is 2.57. The standard InChI is InChI=1S/C30H34N2O8/c1-29(27(35)39-5)21-19(23(31-29)15-7-11-17(37-3)12-8-15)26(34)22-20(25(21)33)24(32-30(22,2)28(36)40-6)16-9-13-18(38-4)14-10-16/h7-14,19-24,31-32H,1-6H3/t19-,20+,21-,22+,23-,24+,29-,30+. The van der Waals surface area contributed by atoms with E-state index in [1.54, 1.807) is 76.6 Å². The van der Waals surface area contributed by atoms with Crippen LogP contribution >= 0.6 is 0 Å². The third kappa shape index (κ3) is 3.92. The van der Waals surface area contributed by atoms with Gasteiger partial charge in [0.25, 0.3) is 0 Å². The summed E-state index contributed by atoms with van der Waals surface area (Å²) in [6, 6.07) is 12.9. The Morgan fingerprint density at radius 1 is 0.625 bits per heavy atom. The van der Waals surface area contributed by atoms with Gasteiger partial charge in [0, 0.05) is 23.9 Å². The van der Waals surface area contributed by atoms with Crippen LogP contribution in [0, 0.1) is 23.7 Å². The van der Waals surface area contributed by atoms with Crippen LogP contribution < -0.4 is 20.1 Å². The van der Waals surface area contributed by atoms with Crippen LogP contribution in [0.15, 0.2) is 48.5 Å². The molecule has 2 aromatic rings. The quantitative estimate of drug-likeness (QED) is 0.516. The van der Waals surface area contributed by atoms with Gasteiger partial charge >= 0.3 is 11.9 Å². The first-order chi connectivity index (χ1) is 19.0. The highest BCUT2D eigenvalue weighted by atomic mass is 16.5. The molecule has 0 radical (unpaired) electrons. The van der Waals surface area contributed by atoms with E-state index in [4.69, 9.17) is 18.9 Å². The Kier molecular flexibility index (Phi) is 6.96. The number of Topliss-reactive ketones (excluding diaryl/α,β-unsaturated/α-hetero) is 2. The number of hydrogen-bond donors (Lipinski definition) is 2. The highest BCUT2D eigenvalue weighted by molar-refractivity contribution is 6.08. The normalized spacial score (nSPS) is 34.5. The smallest absolute Gasteiger partial charge is 0.326 e. The number of hydrogen-bond acceptors (Lipinski definition) is 10. The summed E-state index contributed by atoms with van der Waals surface area (Å²) in [6.07, 6.45) is 0. The minimum Gasteiger partial charge on any atom is -0.497 e. The van der Waals surface area contributed by atoms with Gasteiger partial charge in [-0.15, -0.1) is 0 Å². The Hall–Kier alpha value is -3.76. The zero-order valence-electron chi connectivity index (χ0n) is 23.3. The molecule has 2 N–H and O–H groups in total. The molecule has 2 aliphatic heterocycles. The van der Waals surface area contributed by atoms with Crippen LogP contribution in [0.2, 0.25) is 0 Å². The second-order valence-corrected chi connectivity index (χ2v) is 11.0. The summed E-state index contributed by atoms with van der Waals surface area (Å²) in [5, 5.41) is 6.59. The molecule has 2 aromatic carbocycles. The molecule has 2 heterocycles. The molecule has 3 aliphatic rings. The first-order valence-electron chi connectivity index (χ1n) is 13.1. The van der Waals surface area contributed by atoms with E-state index in [0.29, 0.717) is 22.6 Å². The maximum Gasteiger partial charge on any atom is 0.326 e. The van der Waals surface area contributed by atoms with E-state index in [2.05, 4.69) is 10.6 Å². The predicted molar refractivity (Wildman–Crippen MR) is 143 cm³/mol. The molecule has 1 aliphatic carbocycles. The largest absolute Gasteiger partial charge is 0.497 e. The minimum absolute atomic E-state index is 0.285. The molecule has 0 spiro atoms. The molecule has 10 nitrogen and oxygen atoms in total. The van der Waals surface area contributed by atoms with Gasteiger partial charge in [-0.25, -0.2) is 0 Å². The molecule has 0 aromatic heterocycles. The molecule has 1 saturated carbocycles. The second-order valence-electron chi connectivity index (χ2n) is 11.0. The van der Waals surface area contributed by atoms with Gasteiger partial charge in [-0.2, -0.15) is 0 Å². The monoisotopic (exact) mass is 550 g/mol. The summed E-state index contributed by atoms with van der Waals surface area (Å²) < 4.78 is 20.9. The minimum atomic E-state index is -1.48. The number of ether oxygens (including phenoxy) is 4. The number of benzene rings is 2. The number of methoxy groups -OCH3 is 4. The SMILES string of the molecule is COC(=O)[C@]1(C)N[C@H](c2ccc(OC)cc2)[C@@H]2C(=O)[C@@H]3[C@H](C(=O)[C@@H]21)[C@H](c1ccc(OC)cc1)N[C@]3(C)C(=O)OC. The Morgan fingerprint density at radius 3 is 1.23 bits per heavy atom. The van der Waals surface area contributed by atoms with Gasteiger partial charge in [-0.1, -0.05) is 24.3 Å². The van der Waals surface area contributed by atoms with Crippen molar-refractivity contribution in [3.05, 3.63) is 59.7 Å². The average Bonchev–Trinajstić information content (AvgIpc) is 3.49. The van der Waals surface area contributed by atoms with E-state index in [0.717, 1.165) is 0 Å². The van der Waals surface area contributed by atoms with E-state index in [1.165, 1.54) is 14.2 Å². The van der Waals surface area contributed by atoms with E-state index >= 15 is 0 Å². The molecule has 3 fully saturated rings. The first-order valence-corrected chi connectivity index (χ1v) is 13.1. The Bertz CT molecular complexity index is 1240. The van der Waals surface area contributed by atoms with Gasteiger partial charge in [0.15, 0.2) is 0 Å². The zero-order chi connectivity index (χ0) is 29.0. The number of rotatable bonds is 6. The van der Waals surface area contributed by atoms with Crippen molar-refractivity contribution in [1.29, 1.82) is 0 Å². The summed E-state index contributed by atoms with van der Waals surface area (Å²) in [5.74, 6) is -4.49. The van der Waals surface area contributed by atoms with Crippen molar-refractivity contribution in [2.45, 2.75) is 37.0 Å². The fourth-order valence-corrected chi connectivity index (χ4v) is 7.10. The summed E-state index contributed by atoms with van der Waals surface area (Å²) >= 11 is 0. The Labute approximate surface area is 232 Å². The maximum atomic E-state index is 14.6. The lowest BCUT2D eigenvalue weighted by molar-refractivity contribution is -0.160. The number of ketones is 2. The van der Waals surface area contributed by atoms with Crippen LogP contribution in [0.5, 0.6) is 11.5 Å². The number of carbonyl (C=O) groups is 4. The molecule has 8 atom stereocenters. The van der Waals surface area contributed by atoms with Crippen LogP contribution in [-0.4, -0.2) is 63.0 Å². The molecule has 5 rings (SSSR count). The van der Waals surface area contributed by atoms with Crippen LogP contribution in [0.4, 0.5) is 0 Å². The number of fused-ring (bicyclic) bond motifs is 2. The molecule has 0 bridgehead atoms. The van der Waals surface area contributed by atoms with Crippen molar-refractivity contribution in [3.8, 4) is 11.5 Å². The summed E-state index contributed by atoms with van der Waals surface area (Å²) in [7, 11) is 5.62. The first kappa shape index (κ1) is 27.8. The molecule has 10 heteroatoms. The molecule has 212 valence electrons. The van der Waals surface area contributed by atoms with E-state index in [-0.39, 0.29) is 11.6 Å². The fraction of sp³-hybridized carbons (Fsp3) is 0.467. The molecular weight excluding hydrogens is 516 g/mol. The van der Waals surface area contributed by atoms with Gasteiger partial charge in [0.05, 0.1) is 40.3 Å². The lowest BCUT2D eigenvalue weighted by Gasteiger charge is -2.41. The molecule has 0 amide bonds. The number of esters is 2. The number of carbonyl (C=O) groups excluding carboxylic acids is 4. The van der Waals surface area contributed by atoms with Crippen molar-refractivity contribution in [2.24, 2.45) is 23.7 Å². The van der Waals surface area contributed by atoms with Gasteiger partial charge in [-0.3, -0.25) is 29.8 Å². The lowest BCUT2D eigenvalue weighted by Crippen LogP contribution is -2.60. The molecule has 0 unspecified atom stereocenters. The molecule has 2 saturated heterocycles. The highest BCUT2D eigenvalue weighted by Gasteiger charge is 2.72. The second kappa shape index (κ2) is 10.0. The maximum absolute atomic E-state index is 14.6. The summed E-state index contributed by atoms with van der Waals surface area (Å²) in [5.41, 5.74) is -1.53. The molecular formula is C30H34N2O8. The number of nitrogens with one attached hydrogen (secondary N) is 2. The van der Waals surface area contributed by atoms with Gasteiger partial charge < -0.3 is 18.9 Å². The predicted octanol–water partition coefficient (Wildman–Crippen LogP) is 2.17. The van der Waals surface area contributed by atoms with Gasteiger partial charge in [-0.05, 0) is 49.2 Å². The molecule has 40 heavy (non-hydrogen) atoms. The zero-order valence-corrected chi connectivity index (χ0v) is 23.3. The Morgan fingerprint density at radius 2 is 0.950 bits per heavy atom. The summed E-state index contributed by atoms with van der Waals surface area (Å²) in [6.45, 7) is 3.21. The third-order valence-corrected chi connectivity index (χ3v) is 9.03. The van der Waals surface area contributed by atoms with Crippen molar-refractivity contribution in [1.82, 2.24) is 10.6 Å². The van der Waals surface area contributed by atoms with Crippen LogP contribution in [-0.2, 0) is 28.7 Å². The summed E-state index contributed by atoms with van der Waals surface area (Å²) in [4.78, 5) is 55.7. The van der Waals surface area contributed by atoms with Crippen LogP contribution in [0.25, 0.3) is 0 Å². The van der Waals surface area contributed by atoms with Crippen molar-refractivity contribution >= 4 is 23.5 Å². The average molecular weight is 551 g/mol. The van der Waals surface area contributed by atoms with Crippen LogP contribution in [0.3, 0.4) is 0 Å². The Balaban J connectivity index is 1.67. The van der Waals surface area contributed by atoms with Gasteiger partial charge in [0.1, 0.15) is 34.1 Å². The van der Waals surface area contributed by atoms with Crippen molar-refractivity contribution < 1.29 is 38.1 Å². The van der Waals surface area contributed by atoms with Gasteiger partial charge in [0.2, 0.25) is 0 Å². The van der Waals surface area contributed by atoms with E-state index in [9.17, 15) is 19.2 Å². The fourth-order valence-electron chi connectivity index (χ4n) is 7.10. The van der Waals surface area contributed by atoms with Crippen molar-refractivity contribution in [2.75, 3.05) is 28.4 Å². The van der Waals surface area contributed by atoms with Crippen LogP contribution in [0.1, 0.15) is 37.1 Å².